The summed E-state index contributed by atoms with van der Waals surface area (Å²) in [6.45, 7) is 3.13. The number of nitrogens with one attached hydrogen (secondary N) is 2. The molecule has 0 bridgehead atoms. The molecule has 21 heavy (non-hydrogen) atoms. The number of fused-ring (bicyclic) bond motifs is 1. The van der Waals surface area contributed by atoms with Gasteiger partial charge in [0, 0.05) is 32.0 Å². The standard InChI is InChI=1S/C15H21N3O3/c1-20-15(19)13-12-2-5-16-8-10(12)9-17-14(13)18-11-3-6-21-7-4-11/h9,11,16H,2-8H2,1H3,(H,17,18). The molecule has 1 fully saturated rings. The van der Waals surface area contributed by atoms with Crippen molar-refractivity contribution < 1.29 is 14.3 Å². The summed E-state index contributed by atoms with van der Waals surface area (Å²) in [5.41, 5.74) is 2.74. The first-order valence-electron chi connectivity index (χ1n) is 7.43. The first-order valence-corrected chi connectivity index (χ1v) is 7.43. The minimum absolute atomic E-state index is 0.300. The van der Waals surface area contributed by atoms with E-state index in [1.807, 2.05) is 6.20 Å². The molecule has 0 amide bonds. The molecule has 0 radical (unpaired) electrons. The topological polar surface area (TPSA) is 72.5 Å². The van der Waals surface area contributed by atoms with E-state index in [0.29, 0.717) is 17.4 Å². The summed E-state index contributed by atoms with van der Waals surface area (Å²) in [5.74, 6) is 0.338. The summed E-state index contributed by atoms with van der Waals surface area (Å²) in [6.07, 6.45) is 4.54. The molecule has 0 aromatic carbocycles. The van der Waals surface area contributed by atoms with Gasteiger partial charge in [0.05, 0.1) is 7.11 Å². The van der Waals surface area contributed by atoms with E-state index in [-0.39, 0.29) is 5.97 Å². The van der Waals surface area contributed by atoms with Crippen molar-refractivity contribution in [3.8, 4) is 0 Å². The Balaban J connectivity index is 1.92. The molecule has 0 saturated carbocycles. The van der Waals surface area contributed by atoms with Gasteiger partial charge in [0.15, 0.2) is 0 Å². The highest BCUT2D eigenvalue weighted by Gasteiger charge is 2.25. The van der Waals surface area contributed by atoms with Crippen LogP contribution in [0, 0.1) is 0 Å². The Morgan fingerprint density at radius 1 is 1.48 bits per heavy atom. The van der Waals surface area contributed by atoms with Crippen LogP contribution in [0.4, 0.5) is 5.82 Å². The summed E-state index contributed by atoms with van der Waals surface area (Å²) in [7, 11) is 1.42. The van der Waals surface area contributed by atoms with E-state index in [1.165, 1.54) is 7.11 Å². The van der Waals surface area contributed by atoms with E-state index in [0.717, 1.165) is 56.7 Å². The van der Waals surface area contributed by atoms with Crippen LogP contribution in [-0.2, 0) is 22.4 Å². The third-order valence-electron chi connectivity index (χ3n) is 4.09. The molecular weight excluding hydrogens is 270 g/mol. The van der Waals surface area contributed by atoms with Gasteiger partial charge in [-0.1, -0.05) is 0 Å². The van der Waals surface area contributed by atoms with Crippen molar-refractivity contribution in [2.24, 2.45) is 0 Å². The average Bonchev–Trinajstić information content (AvgIpc) is 2.55. The largest absolute Gasteiger partial charge is 0.465 e. The average molecular weight is 291 g/mol. The summed E-state index contributed by atoms with van der Waals surface area (Å²) < 4.78 is 10.3. The predicted octanol–water partition coefficient (Wildman–Crippen LogP) is 1.10. The lowest BCUT2D eigenvalue weighted by Gasteiger charge is -2.26. The van der Waals surface area contributed by atoms with Crippen LogP contribution in [-0.4, -0.2) is 43.9 Å². The number of hydrogen-bond acceptors (Lipinski definition) is 6. The van der Waals surface area contributed by atoms with E-state index in [9.17, 15) is 4.79 Å². The Kier molecular flexibility index (Phi) is 4.36. The molecule has 1 saturated heterocycles. The lowest BCUT2D eigenvalue weighted by atomic mass is 9.97. The Bertz CT molecular complexity index is 527. The van der Waals surface area contributed by atoms with Crippen molar-refractivity contribution in [3.63, 3.8) is 0 Å². The van der Waals surface area contributed by atoms with Crippen LogP contribution < -0.4 is 10.6 Å². The van der Waals surface area contributed by atoms with Crippen LogP contribution in [0.3, 0.4) is 0 Å². The van der Waals surface area contributed by atoms with Gasteiger partial charge >= 0.3 is 5.97 Å². The highest BCUT2D eigenvalue weighted by Crippen LogP contribution is 2.26. The third kappa shape index (κ3) is 3.01. The number of methoxy groups -OCH3 is 1. The maximum Gasteiger partial charge on any atom is 0.341 e. The molecule has 2 aliphatic heterocycles. The molecule has 6 nitrogen and oxygen atoms in total. The zero-order valence-corrected chi connectivity index (χ0v) is 12.3. The van der Waals surface area contributed by atoms with E-state index in [2.05, 4.69) is 15.6 Å². The molecular formula is C15H21N3O3. The molecule has 1 aromatic rings. The number of pyridine rings is 1. The number of rotatable bonds is 3. The minimum Gasteiger partial charge on any atom is -0.465 e. The second kappa shape index (κ2) is 6.41. The number of carbonyl (C=O) groups excluding carboxylic acids is 1. The highest BCUT2D eigenvalue weighted by atomic mass is 16.5. The molecule has 0 atom stereocenters. The van der Waals surface area contributed by atoms with Crippen LogP contribution in [0.2, 0.25) is 0 Å². The number of nitrogens with zero attached hydrogens (tertiary/aromatic N) is 1. The predicted molar refractivity (Wildman–Crippen MR) is 78.5 cm³/mol. The third-order valence-corrected chi connectivity index (χ3v) is 4.09. The number of carbonyl (C=O) groups is 1. The monoisotopic (exact) mass is 291 g/mol. The first kappa shape index (κ1) is 14.3. The van der Waals surface area contributed by atoms with Crippen molar-refractivity contribution in [2.75, 3.05) is 32.2 Å². The fourth-order valence-electron chi connectivity index (χ4n) is 2.93. The maximum absolute atomic E-state index is 12.2. The van der Waals surface area contributed by atoms with Gasteiger partial charge in [0.1, 0.15) is 11.4 Å². The Morgan fingerprint density at radius 3 is 3.05 bits per heavy atom. The number of hydrogen-bond donors (Lipinski definition) is 2. The van der Waals surface area contributed by atoms with E-state index in [1.54, 1.807) is 0 Å². The van der Waals surface area contributed by atoms with Crippen molar-refractivity contribution in [3.05, 3.63) is 22.9 Å². The van der Waals surface area contributed by atoms with Gasteiger partial charge in [-0.2, -0.15) is 0 Å². The molecule has 3 heterocycles. The van der Waals surface area contributed by atoms with Crippen LogP contribution in [0.5, 0.6) is 0 Å². The Morgan fingerprint density at radius 2 is 2.29 bits per heavy atom. The quantitative estimate of drug-likeness (QED) is 0.813. The van der Waals surface area contributed by atoms with Crippen molar-refractivity contribution >= 4 is 11.8 Å². The molecule has 2 N–H and O–H groups in total. The van der Waals surface area contributed by atoms with Crippen molar-refractivity contribution in [1.82, 2.24) is 10.3 Å². The van der Waals surface area contributed by atoms with E-state index < -0.39 is 0 Å². The minimum atomic E-state index is -0.309. The number of aromatic nitrogens is 1. The van der Waals surface area contributed by atoms with Crippen molar-refractivity contribution in [1.29, 1.82) is 0 Å². The Hall–Kier alpha value is -1.66. The fourth-order valence-corrected chi connectivity index (χ4v) is 2.93. The van der Waals surface area contributed by atoms with Gasteiger partial charge in [-0.05, 0) is 36.9 Å². The van der Waals surface area contributed by atoms with Crippen LogP contribution in [0.25, 0.3) is 0 Å². The number of anilines is 1. The molecule has 0 spiro atoms. The van der Waals surface area contributed by atoms with Gasteiger partial charge in [0.25, 0.3) is 0 Å². The lowest BCUT2D eigenvalue weighted by Crippen LogP contribution is -2.31. The van der Waals surface area contributed by atoms with Gasteiger partial charge in [-0.25, -0.2) is 9.78 Å². The summed E-state index contributed by atoms with van der Waals surface area (Å²) in [5, 5.41) is 6.70. The van der Waals surface area contributed by atoms with E-state index in [4.69, 9.17) is 9.47 Å². The summed E-state index contributed by atoms with van der Waals surface area (Å²) >= 11 is 0. The number of esters is 1. The summed E-state index contributed by atoms with van der Waals surface area (Å²) in [4.78, 5) is 16.7. The van der Waals surface area contributed by atoms with Crippen LogP contribution in [0.15, 0.2) is 6.20 Å². The zero-order valence-electron chi connectivity index (χ0n) is 12.3. The molecule has 114 valence electrons. The second-order valence-electron chi connectivity index (χ2n) is 5.43. The lowest BCUT2D eigenvalue weighted by molar-refractivity contribution is 0.0599. The van der Waals surface area contributed by atoms with Gasteiger partial charge in [-0.3, -0.25) is 0 Å². The second-order valence-corrected chi connectivity index (χ2v) is 5.43. The normalized spacial score (nSPS) is 18.9. The fraction of sp³-hybridized carbons (Fsp3) is 0.600. The Labute approximate surface area is 124 Å². The zero-order chi connectivity index (χ0) is 14.7. The molecule has 3 rings (SSSR count). The molecule has 0 aliphatic carbocycles. The smallest absolute Gasteiger partial charge is 0.341 e. The van der Waals surface area contributed by atoms with Gasteiger partial charge in [-0.15, -0.1) is 0 Å². The molecule has 6 heteroatoms. The van der Waals surface area contributed by atoms with Gasteiger partial charge < -0.3 is 20.1 Å². The molecule has 0 unspecified atom stereocenters. The molecule has 1 aromatic heterocycles. The van der Waals surface area contributed by atoms with Gasteiger partial charge in [0.2, 0.25) is 0 Å². The maximum atomic E-state index is 12.2. The highest BCUT2D eigenvalue weighted by molar-refractivity contribution is 5.96. The SMILES string of the molecule is COC(=O)c1c(NC2CCOCC2)ncc2c1CCNC2. The van der Waals surface area contributed by atoms with Crippen LogP contribution >= 0.6 is 0 Å². The van der Waals surface area contributed by atoms with E-state index >= 15 is 0 Å². The van der Waals surface area contributed by atoms with Crippen LogP contribution in [0.1, 0.15) is 34.3 Å². The summed E-state index contributed by atoms with van der Waals surface area (Å²) in [6, 6.07) is 0.300. The van der Waals surface area contributed by atoms with Crippen molar-refractivity contribution in [2.45, 2.75) is 31.8 Å². The number of ether oxygens (including phenoxy) is 2. The molecule has 2 aliphatic rings. The first-order chi connectivity index (χ1) is 10.3.